The van der Waals surface area contributed by atoms with Crippen LogP contribution in [0.5, 0.6) is 0 Å². The molecular weight excluding hydrogens is 544 g/mol. The minimum Gasteiger partial charge on any atom is -0.232 e. The molecule has 8 aromatic rings. The minimum atomic E-state index is 0.763. The largest absolute Gasteiger partial charge is 0.232 e. The second-order valence-corrected chi connectivity index (χ2v) is 11.6. The number of nitrogens with zero attached hydrogens (tertiary/aromatic N) is 2. The van der Waals surface area contributed by atoms with Gasteiger partial charge in [-0.1, -0.05) is 159 Å². The number of aromatic nitrogens is 2. The number of aryl methyl sites for hydroxylation is 1. The summed E-state index contributed by atoms with van der Waals surface area (Å²) in [5.41, 5.74) is 8.84. The van der Waals surface area contributed by atoms with Gasteiger partial charge in [0.05, 0.1) is 11.4 Å². The second kappa shape index (κ2) is 11.5. The summed E-state index contributed by atoms with van der Waals surface area (Å²) in [6.07, 6.45) is 1.90. The highest BCUT2D eigenvalue weighted by Gasteiger charge is 2.18. The third kappa shape index (κ3) is 4.85. The fourth-order valence-electron chi connectivity index (χ4n) is 6.67. The SMILES string of the molecule is CCCc1nc(-c2ccc(-c3ccc4c5ccccc5c5ccccc5c4c3)cc2)nc(-c2ccccc2)c1-c1ccccc1. The van der Waals surface area contributed by atoms with Crippen LogP contribution < -0.4 is 0 Å². The lowest BCUT2D eigenvalue weighted by Gasteiger charge is -2.16. The molecule has 0 radical (unpaired) electrons. The van der Waals surface area contributed by atoms with E-state index in [1.165, 1.54) is 43.4 Å². The maximum absolute atomic E-state index is 5.23. The summed E-state index contributed by atoms with van der Waals surface area (Å²) in [7, 11) is 0. The zero-order valence-electron chi connectivity index (χ0n) is 25.2. The van der Waals surface area contributed by atoms with E-state index in [4.69, 9.17) is 9.97 Å². The van der Waals surface area contributed by atoms with E-state index < -0.39 is 0 Å². The highest BCUT2D eigenvalue weighted by atomic mass is 14.9. The van der Waals surface area contributed by atoms with E-state index in [9.17, 15) is 0 Å². The van der Waals surface area contributed by atoms with Crippen LogP contribution in [0.4, 0.5) is 0 Å². The summed E-state index contributed by atoms with van der Waals surface area (Å²) < 4.78 is 0. The molecule has 0 spiro atoms. The van der Waals surface area contributed by atoms with Gasteiger partial charge in [-0.3, -0.25) is 0 Å². The summed E-state index contributed by atoms with van der Waals surface area (Å²) in [6, 6.07) is 54.1. The van der Waals surface area contributed by atoms with Crippen LogP contribution in [0.1, 0.15) is 19.0 Å². The van der Waals surface area contributed by atoms with E-state index in [-0.39, 0.29) is 0 Å². The van der Waals surface area contributed by atoms with Gasteiger partial charge in [-0.25, -0.2) is 9.97 Å². The third-order valence-electron chi connectivity index (χ3n) is 8.80. The van der Waals surface area contributed by atoms with Gasteiger partial charge in [0.1, 0.15) is 0 Å². The first kappa shape index (κ1) is 27.0. The maximum Gasteiger partial charge on any atom is 0.160 e. The first-order chi connectivity index (χ1) is 22.3. The van der Waals surface area contributed by atoms with Crippen LogP contribution in [0.2, 0.25) is 0 Å². The molecule has 7 aromatic carbocycles. The third-order valence-corrected chi connectivity index (χ3v) is 8.80. The lowest BCUT2D eigenvalue weighted by Crippen LogP contribution is -2.03. The number of benzene rings is 7. The van der Waals surface area contributed by atoms with Crippen molar-refractivity contribution < 1.29 is 0 Å². The lowest BCUT2D eigenvalue weighted by atomic mass is 9.92. The van der Waals surface area contributed by atoms with Crippen molar-refractivity contribution in [2.75, 3.05) is 0 Å². The topological polar surface area (TPSA) is 25.8 Å². The van der Waals surface area contributed by atoms with Gasteiger partial charge in [0.2, 0.25) is 0 Å². The van der Waals surface area contributed by atoms with Gasteiger partial charge in [0.25, 0.3) is 0 Å². The monoisotopic (exact) mass is 576 g/mol. The zero-order chi connectivity index (χ0) is 30.2. The van der Waals surface area contributed by atoms with Crippen LogP contribution in [-0.4, -0.2) is 9.97 Å². The summed E-state index contributed by atoms with van der Waals surface area (Å²) in [5.74, 6) is 0.763. The quantitative estimate of drug-likeness (QED) is 0.184. The minimum absolute atomic E-state index is 0.763. The van der Waals surface area contributed by atoms with Crippen LogP contribution in [0.25, 0.3) is 77.2 Å². The fraction of sp³-hybridized carbons (Fsp3) is 0.0698. The van der Waals surface area contributed by atoms with Crippen LogP contribution in [0.15, 0.2) is 152 Å². The van der Waals surface area contributed by atoms with E-state index in [1.54, 1.807) is 0 Å². The van der Waals surface area contributed by atoms with Crippen molar-refractivity contribution in [1.82, 2.24) is 9.97 Å². The Morgan fingerprint density at radius 1 is 0.400 bits per heavy atom. The molecule has 0 bridgehead atoms. The number of hydrogen-bond donors (Lipinski definition) is 0. The van der Waals surface area contributed by atoms with Gasteiger partial charge in [-0.2, -0.15) is 0 Å². The Hall–Kier alpha value is -5.60. The number of fused-ring (bicyclic) bond motifs is 6. The van der Waals surface area contributed by atoms with E-state index in [2.05, 4.69) is 159 Å². The first-order valence-corrected chi connectivity index (χ1v) is 15.7. The van der Waals surface area contributed by atoms with Gasteiger partial charge in [0.15, 0.2) is 5.82 Å². The lowest BCUT2D eigenvalue weighted by molar-refractivity contribution is 0.879. The van der Waals surface area contributed by atoms with Crippen molar-refractivity contribution in [2.45, 2.75) is 19.8 Å². The molecule has 2 heteroatoms. The van der Waals surface area contributed by atoms with E-state index in [0.717, 1.165) is 52.3 Å². The molecule has 0 saturated heterocycles. The smallest absolute Gasteiger partial charge is 0.160 e. The molecular formula is C43H32N2. The molecule has 0 unspecified atom stereocenters. The molecule has 45 heavy (non-hydrogen) atoms. The Balaban J connectivity index is 1.25. The van der Waals surface area contributed by atoms with Crippen LogP contribution >= 0.6 is 0 Å². The average molecular weight is 577 g/mol. The Kier molecular flexibility index (Phi) is 6.88. The molecule has 2 nitrogen and oxygen atoms in total. The Morgan fingerprint density at radius 3 is 1.49 bits per heavy atom. The molecule has 1 heterocycles. The molecule has 0 aliphatic heterocycles. The first-order valence-electron chi connectivity index (χ1n) is 15.7. The zero-order valence-corrected chi connectivity index (χ0v) is 25.2. The van der Waals surface area contributed by atoms with Crippen LogP contribution in [0, 0.1) is 0 Å². The van der Waals surface area contributed by atoms with Gasteiger partial charge in [-0.15, -0.1) is 0 Å². The number of rotatable bonds is 6. The van der Waals surface area contributed by atoms with E-state index in [1.807, 2.05) is 0 Å². The van der Waals surface area contributed by atoms with Crippen molar-refractivity contribution in [3.05, 3.63) is 157 Å². The second-order valence-electron chi connectivity index (χ2n) is 11.6. The summed E-state index contributed by atoms with van der Waals surface area (Å²) in [5, 5.41) is 7.74. The molecule has 0 N–H and O–H groups in total. The highest BCUT2D eigenvalue weighted by molar-refractivity contribution is 6.25. The van der Waals surface area contributed by atoms with Crippen molar-refractivity contribution in [2.24, 2.45) is 0 Å². The molecule has 1 aromatic heterocycles. The molecule has 0 aliphatic carbocycles. The van der Waals surface area contributed by atoms with Gasteiger partial charge in [0, 0.05) is 16.7 Å². The normalized spacial score (nSPS) is 11.4. The van der Waals surface area contributed by atoms with Crippen molar-refractivity contribution in [1.29, 1.82) is 0 Å². The Morgan fingerprint density at radius 2 is 0.889 bits per heavy atom. The van der Waals surface area contributed by atoms with Crippen molar-refractivity contribution in [3.63, 3.8) is 0 Å². The predicted octanol–water partition coefficient (Wildman–Crippen LogP) is 11.6. The molecule has 0 aliphatic rings. The van der Waals surface area contributed by atoms with Gasteiger partial charge >= 0.3 is 0 Å². The van der Waals surface area contributed by atoms with Crippen molar-refractivity contribution >= 4 is 32.3 Å². The summed E-state index contributed by atoms with van der Waals surface area (Å²) in [4.78, 5) is 10.4. The average Bonchev–Trinajstić information content (AvgIpc) is 3.12. The predicted molar refractivity (Wildman–Crippen MR) is 190 cm³/mol. The standard InChI is InChI=1S/C43H32N2/c1-2-13-40-41(30-14-5-3-6-15-30)42(31-16-7-4-8-17-31)45-43(44-40)32-24-22-29(23-25-32)33-26-27-38-36-20-10-9-18-34(36)35-19-11-12-21-37(35)39(38)28-33/h3-12,14-28H,2,13H2,1H3. The number of hydrogen-bond acceptors (Lipinski definition) is 2. The van der Waals surface area contributed by atoms with Crippen LogP contribution in [-0.2, 0) is 6.42 Å². The molecule has 0 amide bonds. The van der Waals surface area contributed by atoms with Gasteiger partial charge in [-0.05, 0) is 61.5 Å². The Labute approximate surface area is 263 Å². The van der Waals surface area contributed by atoms with Gasteiger partial charge < -0.3 is 0 Å². The molecule has 8 rings (SSSR count). The molecule has 0 fully saturated rings. The Bertz CT molecular complexity index is 2270. The maximum atomic E-state index is 5.23. The molecule has 214 valence electrons. The molecule has 0 atom stereocenters. The molecule has 0 saturated carbocycles. The highest BCUT2D eigenvalue weighted by Crippen LogP contribution is 2.38. The summed E-state index contributed by atoms with van der Waals surface area (Å²) in [6.45, 7) is 2.21. The van der Waals surface area contributed by atoms with E-state index in [0.29, 0.717) is 0 Å². The fourth-order valence-corrected chi connectivity index (χ4v) is 6.67. The van der Waals surface area contributed by atoms with Crippen molar-refractivity contribution in [3.8, 4) is 44.9 Å². The van der Waals surface area contributed by atoms with E-state index >= 15 is 0 Å². The summed E-state index contributed by atoms with van der Waals surface area (Å²) >= 11 is 0. The van der Waals surface area contributed by atoms with Crippen LogP contribution in [0.3, 0.4) is 0 Å².